The largest absolute Gasteiger partial charge is 0.313 e. The highest BCUT2D eigenvalue weighted by molar-refractivity contribution is 6.23. The second-order valence-electron chi connectivity index (χ2n) is 13.7. The van der Waals surface area contributed by atoms with Gasteiger partial charge in [0.1, 0.15) is 5.65 Å². The predicted octanol–water partition coefficient (Wildman–Crippen LogP) is 12.1. The van der Waals surface area contributed by atoms with Crippen LogP contribution >= 0.6 is 0 Å². The van der Waals surface area contributed by atoms with E-state index < -0.39 is 0 Å². The number of para-hydroxylation sites is 4. The van der Waals surface area contributed by atoms with Crippen LogP contribution in [0, 0.1) is 0 Å². The minimum absolute atomic E-state index is 1.02. The number of nitrogens with zero attached hydrogens (tertiary/aromatic N) is 3. The quantitative estimate of drug-likeness (QED) is 0.180. The summed E-state index contributed by atoms with van der Waals surface area (Å²) in [6.07, 6.45) is 2.08. The van der Waals surface area contributed by atoms with Gasteiger partial charge < -0.3 is 4.57 Å². The van der Waals surface area contributed by atoms with Crippen molar-refractivity contribution in [1.82, 2.24) is 13.7 Å². The van der Waals surface area contributed by atoms with Gasteiger partial charge in [-0.1, -0.05) is 109 Å². The van der Waals surface area contributed by atoms with Crippen LogP contribution in [0.3, 0.4) is 0 Å². The van der Waals surface area contributed by atoms with Crippen LogP contribution in [0.15, 0.2) is 176 Å². The fraction of sp³-hybridized carbons (Fsp3) is 0.0417. The second kappa shape index (κ2) is 11.0. The number of aromatic nitrogens is 3. The molecule has 1 aliphatic carbocycles. The lowest BCUT2D eigenvalue weighted by atomic mass is 9.87. The molecule has 0 N–H and O–H groups in total. The zero-order chi connectivity index (χ0) is 33.5. The van der Waals surface area contributed by atoms with Gasteiger partial charge in [-0.2, -0.15) is 0 Å². The third kappa shape index (κ3) is 4.12. The lowest BCUT2D eigenvalue weighted by Gasteiger charge is -2.19. The van der Waals surface area contributed by atoms with Crippen molar-refractivity contribution in [3.05, 3.63) is 187 Å². The molecule has 51 heavy (non-hydrogen) atoms. The molecule has 7 aromatic carbocycles. The zero-order valence-corrected chi connectivity index (χ0v) is 28.0. The Morgan fingerprint density at radius 1 is 0.373 bits per heavy atom. The minimum atomic E-state index is 1.02. The highest BCUT2D eigenvalue weighted by Gasteiger charge is 2.26. The molecule has 10 aromatic rings. The van der Waals surface area contributed by atoms with Crippen LogP contribution in [-0.4, -0.2) is 13.7 Å². The van der Waals surface area contributed by atoms with Crippen LogP contribution < -0.4 is 0 Å². The molecule has 0 amide bonds. The summed E-state index contributed by atoms with van der Waals surface area (Å²) in [5.74, 6) is 0. The van der Waals surface area contributed by atoms with Gasteiger partial charge in [0.15, 0.2) is 0 Å². The smallest absolute Gasteiger partial charge is 0.131 e. The molecule has 3 aromatic heterocycles. The van der Waals surface area contributed by atoms with Crippen molar-refractivity contribution in [1.29, 1.82) is 0 Å². The fourth-order valence-electron chi connectivity index (χ4n) is 8.77. The van der Waals surface area contributed by atoms with Gasteiger partial charge in [-0.25, -0.2) is 0 Å². The van der Waals surface area contributed by atoms with Gasteiger partial charge in [0.05, 0.1) is 16.6 Å². The molecule has 3 heteroatoms. The van der Waals surface area contributed by atoms with Crippen LogP contribution in [0.5, 0.6) is 0 Å². The highest BCUT2D eigenvalue weighted by Crippen LogP contribution is 2.45. The van der Waals surface area contributed by atoms with Crippen molar-refractivity contribution in [3.63, 3.8) is 0 Å². The summed E-state index contributed by atoms with van der Waals surface area (Å²) in [5.41, 5.74) is 16.4. The number of aryl methyl sites for hydroxylation is 1. The molecule has 0 saturated heterocycles. The molecule has 0 fully saturated rings. The zero-order valence-electron chi connectivity index (χ0n) is 28.0. The minimum Gasteiger partial charge on any atom is -0.313 e. The maximum absolute atomic E-state index is 2.50. The molecule has 0 unspecified atom stereocenters. The van der Waals surface area contributed by atoms with Gasteiger partial charge >= 0.3 is 0 Å². The van der Waals surface area contributed by atoms with Gasteiger partial charge in [-0.3, -0.25) is 9.13 Å². The molecular weight excluding hydrogens is 619 g/mol. The average Bonchev–Trinajstić information content (AvgIpc) is 3.84. The molecule has 0 radical (unpaired) electrons. The van der Waals surface area contributed by atoms with E-state index in [9.17, 15) is 0 Å². The van der Waals surface area contributed by atoms with Crippen molar-refractivity contribution in [2.45, 2.75) is 12.8 Å². The third-order valence-corrected chi connectivity index (χ3v) is 10.9. The number of hydrogen-bond acceptors (Lipinski definition) is 0. The first-order valence-electron chi connectivity index (χ1n) is 17.8. The molecule has 1 aliphatic rings. The highest BCUT2D eigenvalue weighted by atomic mass is 15.1. The Kier molecular flexibility index (Phi) is 6.08. The molecule has 0 atom stereocenters. The molecule has 240 valence electrons. The SMILES string of the molecule is c1ccc(-n2c3c(c4cc(-c5ccc6c(c5)c5c7ccccc7n(-c7ccccc7)c5n6-c5ccccc5)ccc42)-c2ccccc2CC3)cc1. The number of rotatable bonds is 4. The maximum Gasteiger partial charge on any atom is 0.131 e. The summed E-state index contributed by atoms with van der Waals surface area (Å²) in [6, 6.07) is 64.4. The van der Waals surface area contributed by atoms with Gasteiger partial charge in [0.25, 0.3) is 0 Å². The Morgan fingerprint density at radius 3 is 1.55 bits per heavy atom. The van der Waals surface area contributed by atoms with E-state index in [0.717, 1.165) is 24.2 Å². The average molecular weight is 652 g/mol. The monoisotopic (exact) mass is 651 g/mol. The van der Waals surface area contributed by atoms with Gasteiger partial charge in [0.2, 0.25) is 0 Å². The number of hydrogen-bond donors (Lipinski definition) is 0. The predicted molar refractivity (Wildman–Crippen MR) is 213 cm³/mol. The molecule has 3 nitrogen and oxygen atoms in total. The third-order valence-electron chi connectivity index (χ3n) is 10.9. The van der Waals surface area contributed by atoms with Crippen molar-refractivity contribution in [2.24, 2.45) is 0 Å². The van der Waals surface area contributed by atoms with E-state index in [4.69, 9.17) is 0 Å². The van der Waals surface area contributed by atoms with Gasteiger partial charge in [-0.05, 0) is 102 Å². The Morgan fingerprint density at radius 2 is 0.882 bits per heavy atom. The van der Waals surface area contributed by atoms with Crippen molar-refractivity contribution >= 4 is 43.7 Å². The first kappa shape index (κ1) is 28.3. The lowest BCUT2D eigenvalue weighted by Crippen LogP contribution is -2.07. The summed E-state index contributed by atoms with van der Waals surface area (Å²) < 4.78 is 7.37. The van der Waals surface area contributed by atoms with Gasteiger partial charge in [0, 0.05) is 49.9 Å². The topological polar surface area (TPSA) is 14.8 Å². The van der Waals surface area contributed by atoms with E-state index in [-0.39, 0.29) is 0 Å². The maximum atomic E-state index is 2.50. The summed E-state index contributed by atoms with van der Waals surface area (Å²) >= 11 is 0. The van der Waals surface area contributed by atoms with Crippen LogP contribution in [0.1, 0.15) is 11.3 Å². The first-order chi connectivity index (χ1) is 25.3. The van der Waals surface area contributed by atoms with Crippen molar-refractivity contribution < 1.29 is 0 Å². The molecule has 0 saturated carbocycles. The standard InChI is InChI=1S/C48H33N3/c1-4-15-35(16-5-1)49-43-27-25-33(30-40(43)46-38-21-11-10-14-32(38)24-29-45(46)49)34-26-28-44-41(31-34)47-39-22-12-13-23-42(39)50(36-17-6-2-7-18-36)48(47)51(44)37-19-8-3-9-20-37/h1-23,25-28,30-31H,24,29H2. The molecule has 0 aliphatic heterocycles. The Hall–Kier alpha value is -6.58. The van der Waals surface area contributed by atoms with E-state index in [1.165, 1.54) is 82.9 Å². The second-order valence-corrected chi connectivity index (χ2v) is 13.7. The number of benzene rings is 7. The molecular formula is C48H33N3. The molecule has 11 rings (SSSR count). The summed E-state index contributed by atoms with van der Waals surface area (Å²) in [4.78, 5) is 0. The number of fused-ring (bicyclic) bond motifs is 10. The van der Waals surface area contributed by atoms with E-state index in [1.54, 1.807) is 0 Å². The summed E-state index contributed by atoms with van der Waals surface area (Å²) in [5, 5.41) is 5.10. The normalized spacial score (nSPS) is 12.5. The van der Waals surface area contributed by atoms with E-state index in [2.05, 4.69) is 190 Å². The van der Waals surface area contributed by atoms with Crippen LogP contribution in [0.2, 0.25) is 0 Å². The lowest BCUT2D eigenvalue weighted by molar-refractivity contribution is 0.865. The van der Waals surface area contributed by atoms with Gasteiger partial charge in [-0.15, -0.1) is 0 Å². The van der Waals surface area contributed by atoms with Crippen molar-refractivity contribution in [3.8, 4) is 39.3 Å². The summed E-state index contributed by atoms with van der Waals surface area (Å²) in [6.45, 7) is 0. The van der Waals surface area contributed by atoms with Crippen LogP contribution in [0.25, 0.3) is 83.1 Å². The Bertz CT molecular complexity index is 2940. The van der Waals surface area contributed by atoms with E-state index in [1.807, 2.05) is 0 Å². The van der Waals surface area contributed by atoms with Crippen LogP contribution in [0.4, 0.5) is 0 Å². The van der Waals surface area contributed by atoms with Crippen LogP contribution in [-0.2, 0) is 12.8 Å². The molecule has 3 heterocycles. The Balaban J connectivity index is 1.20. The molecule has 0 spiro atoms. The van der Waals surface area contributed by atoms with E-state index >= 15 is 0 Å². The van der Waals surface area contributed by atoms with E-state index in [0.29, 0.717) is 0 Å². The fourth-order valence-corrected chi connectivity index (χ4v) is 8.77. The first-order valence-corrected chi connectivity index (χ1v) is 17.8. The van der Waals surface area contributed by atoms with Crippen molar-refractivity contribution in [2.75, 3.05) is 0 Å². The summed E-state index contributed by atoms with van der Waals surface area (Å²) in [7, 11) is 0. The molecule has 0 bridgehead atoms. The Labute approximate surface area is 295 Å².